The first-order chi connectivity index (χ1) is 9.36. The number of hydrogen-bond donors (Lipinski definition) is 0. The lowest BCUT2D eigenvalue weighted by molar-refractivity contribution is 0.103. The zero-order valence-electron chi connectivity index (χ0n) is 10.1. The van der Waals surface area contributed by atoms with Gasteiger partial charge < -0.3 is 0 Å². The average Bonchev–Trinajstić information content (AvgIpc) is 2.98. The van der Waals surface area contributed by atoms with Crippen molar-refractivity contribution in [2.45, 2.75) is 0 Å². The smallest absolute Gasteiger partial charge is 0.213 e. The van der Waals surface area contributed by atoms with Gasteiger partial charge in [0, 0.05) is 5.56 Å². The van der Waals surface area contributed by atoms with Gasteiger partial charge in [0.2, 0.25) is 5.78 Å². The third-order valence-electron chi connectivity index (χ3n) is 2.82. The molecule has 0 amide bonds. The molecule has 0 aliphatic carbocycles. The molecule has 0 aliphatic rings. The second-order valence-corrected chi connectivity index (χ2v) is 4.06. The standard InChI is InChI=1S/C15H11N3O/c19-15(12-7-3-1-4-8-12)14-11-16-17-18(14)13-9-5-2-6-10-13/h1-11H. The van der Waals surface area contributed by atoms with Gasteiger partial charge in [-0.2, -0.15) is 0 Å². The molecule has 0 bridgehead atoms. The number of carbonyl (C=O) groups is 1. The fourth-order valence-electron chi connectivity index (χ4n) is 1.89. The minimum Gasteiger partial charge on any atom is -0.287 e. The molecule has 3 rings (SSSR count). The minimum absolute atomic E-state index is 0.0885. The van der Waals surface area contributed by atoms with Gasteiger partial charge in [0.25, 0.3) is 0 Å². The highest BCUT2D eigenvalue weighted by molar-refractivity contribution is 6.07. The van der Waals surface area contributed by atoms with Crippen molar-refractivity contribution >= 4 is 5.78 Å². The zero-order valence-corrected chi connectivity index (χ0v) is 10.1. The number of rotatable bonds is 3. The molecule has 0 fully saturated rings. The van der Waals surface area contributed by atoms with E-state index in [1.54, 1.807) is 16.8 Å². The van der Waals surface area contributed by atoms with Gasteiger partial charge in [-0.25, -0.2) is 4.68 Å². The first-order valence-corrected chi connectivity index (χ1v) is 5.92. The summed E-state index contributed by atoms with van der Waals surface area (Å²) in [6.45, 7) is 0. The molecule has 0 aliphatic heterocycles. The van der Waals surface area contributed by atoms with E-state index in [1.165, 1.54) is 6.20 Å². The fourth-order valence-corrected chi connectivity index (χ4v) is 1.89. The second-order valence-electron chi connectivity index (χ2n) is 4.06. The largest absolute Gasteiger partial charge is 0.287 e. The van der Waals surface area contributed by atoms with Crippen LogP contribution in [0.5, 0.6) is 0 Å². The molecule has 1 heterocycles. The Morgan fingerprint density at radius 3 is 2.21 bits per heavy atom. The van der Waals surface area contributed by atoms with Crippen LogP contribution in [-0.4, -0.2) is 20.8 Å². The Kier molecular flexibility index (Phi) is 2.90. The third kappa shape index (κ3) is 2.15. The van der Waals surface area contributed by atoms with Gasteiger partial charge in [0.1, 0.15) is 5.69 Å². The van der Waals surface area contributed by atoms with E-state index in [0.29, 0.717) is 11.3 Å². The third-order valence-corrected chi connectivity index (χ3v) is 2.82. The lowest BCUT2D eigenvalue weighted by atomic mass is 10.1. The van der Waals surface area contributed by atoms with E-state index < -0.39 is 0 Å². The van der Waals surface area contributed by atoms with Gasteiger partial charge in [-0.15, -0.1) is 5.10 Å². The van der Waals surface area contributed by atoms with E-state index in [-0.39, 0.29) is 5.78 Å². The molecule has 92 valence electrons. The Morgan fingerprint density at radius 2 is 1.53 bits per heavy atom. The molecule has 0 saturated carbocycles. The van der Waals surface area contributed by atoms with Crippen molar-refractivity contribution in [1.82, 2.24) is 15.0 Å². The Bertz CT molecular complexity index is 690. The Labute approximate surface area is 110 Å². The Morgan fingerprint density at radius 1 is 0.895 bits per heavy atom. The topological polar surface area (TPSA) is 47.8 Å². The van der Waals surface area contributed by atoms with Crippen LogP contribution in [-0.2, 0) is 0 Å². The van der Waals surface area contributed by atoms with Crippen molar-refractivity contribution < 1.29 is 4.79 Å². The summed E-state index contributed by atoms with van der Waals surface area (Å²) in [4.78, 5) is 12.4. The summed E-state index contributed by atoms with van der Waals surface area (Å²) < 4.78 is 1.55. The van der Waals surface area contributed by atoms with Crippen LogP contribution < -0.4 is 0 Å². The van der Waals surface area contributed by atoms with Gasteiger partial charge in [-0.05, 0) is 12.1 Å². The summed E-state index contributed by atoms with van der Waals surface area (Å²) >= 11 is 0. The van der Waals surface area contributed by atoms with E-state index >= 15 is 0 Å². The molecule has 0 unspecified atom stereocenters. The van der Waals surface area contributed by atoms with Crippen LogP contribution in [0.1, 0.15) is 16.1 Å². The van der Waals surface area contributed by atoms with Crippen LogP contribution in [0.15, 0.2) is 66.9 Å². The molecule has 4 heteroatoms. The highest BCUT2D eigenvalue weighted by atomic mass is 16.1. The molecule has 1 aromatic heterocycles. The molecule has 4 nitrogen and oxygen atoms in total. The summed E-state index contributed by atoms with van der Waals surface area (Å²) in [6.07, 6.45) is 1.49. The van der Waals surface area contributed by atoms with Crippen LogP contribution in [0, 0.1) is 0 Å². The van der Waals surface area contributed by atoms with Crippen LogP contribution in [0.4, 0.5) is 0 Å². The number of aromatic nitrogens is 3. The molecule has 3 aromatic rings. The summed E-state index contributed by atoms with van der Waals surface area (Å²) in [5.74, 6) is -0.0885. The maximum Gasteiger partial charge on any atom is 0.213 e. The molecule has 19 heavy (non-hydrogen) atoms. The van der Waals surface area contributed by atoms with E-state index in [0.717, 1.165) is 5.69 Å². The van der Waals surface area contributed by atoms with E-state index in [9.17, 15) is 4.79 Å². The first-order valence-electron chi connectivity index (χ1n) is 5.92. The highest BCUT2D eigenvalue weighted by Gasteiger charge is 2.15. The van der Waals surface area contributed by atoms with Crippen molar-refractivity contribution in [2.24, 2.45) is 0 Å². The molecule has 0 saturated heterocycles. The molecular weight excluding hydrogens is 238 g/mol. The van der Waals surface area contributed by atoms with E-state index in [4.69, 9.17) is 0 Å². The van der Waals surface area contributed by atoms with Crippen molar-refractivity contribution in [3.63, 3.8) is 0 Å². The maximum absolute atomic E-state index is 12.4. The predicted molar refractivity (Wildman–Crippen MR) is 71.2 cm³/mol. The van der Waals surface area contributed by atoms with Crippen molar-refractivity contribution in [1.29, 1.82) is 0 Å². The number of para-hydroxylation sites is 1. The Balaban J connectivity index is 2.04. The molecule has 2 aromatic carbocycles. The first kappa shape index (κ1) is 11.3. The van der Waals surface area contributed by atoms with Crippen LogP contribution in [0.3, 0.4) is 0 Å². The van der Waals surface area contributed by atoms with Crippen LogP contribution in [0.25, 0.3) is 5.69 Å². The van der Waals surface area contributed by atoms with Crippen molar-refractivity contribution in [3.05, 3.63) is 78.1 Å². The molecule has 0 radical (unpaired) electrons. The second kappa shape index (κ2) is 4.86. The van der Waals surface area contributed by atoms with Crippen LogP contribution in [0.2, 0.25) is 0 Å². The average molecular weight is 249 g/mol. The number of benzene rings is 2. The SMILES string of the molecule is O=C(c1ccccc1)c1cnnn1-c1ccccc1. The van der Waals surface area contributed by atoms with E-state index in [1.807, 2.05) is 48.5 Å². The van der Waals surface area contributed by atoms with Gasteiger partial charge >= 0.3 is 0 Å². The number of carbonyl (C=O) groups excluding carboxylic acids is 1. The van der Waals surface area contributed by atoms with E-state index in [2.05, 4.69) is 10.3 Å². The lowest BCUT2D eigenvalue weighted by Crippen LogP contribution is -2.09. The molecule has 0 N–H and O–H groups in total. The van der Waals surface area contributed by atoms with Crippen molar-refractivity contribution in [3.8, 4) is 5.69 Å². The number of ketones is 1. The zero-order chi connectivity index (χ0) is 13.1. The lowest BCUT2D eigenvalue weighted by Gasteiger charge is -2.05. The summed E-state index contributed by atoms with van der Waals surface area (Å²) in [5.41, 5.74) is 1.90. The molecule has 0 atom stereocenters. The Hall–Kier alpha value is -2.75. The fraction of sp³-hybridized carbons (Fsp3) is 0. The highest BCUT2D eigenvalue weighted by Crippen LogP contribution is 2.13. The quantitative estimate of drug-likeness (QED) is 0.670. The predicted octanol–water partition coefficient (Wildman–Crippen LogP) is 2.50. The van der Waals surface area contributed by atoms with Gasteiger partial charge in [0.15, 0.2) is 0 Å². The number of nitrogens with zero attached hydrogens (tertiary/aromatic N) is 3. The summed E-state index contributed by atoms with van der Waals surface area (Å²) in [5, 5.41) is 7.82. The molecule has 0 spiro atoms. The van der Waals surface area contributed by atoms with Gasteiger partial charge in [-0.1, -0.05) is 53.7 Å². The van der Waals surface area contributed by atoms with Gasteiger partial charge in [0.05, 0.1) is 11.9 Å². The summed E-state index contributed by atoms with van der Waals surface area (Å²) in [7, 11) is 0. The monoisotopic (exact) mass is 249 g/mol. The van der Waals surface area contributed by atoms with Gasteiger partial charge in [-0.3, -0.25) is 4.79 Å². The minimum atomic E-state index is -0.0885. The van der Waals surface area contributed by atoms with Crippen molar-refractivity contribution in [2.75, 3.05) is 0 Å². The summed E-state index contributed by atoms with van der Waals surface area (Å²) in [6, 6.07) is 18.6. The maximum atomic E-state index is 12.4. The van der Waals surface area contributed by atoms with Crippen LogP contribution >= 0.6 is 0 Å². The number of hydrogen-bond acceptors (Lipinski definition) is 3. The molecular formula is C15H11N3O. The normalized spacial score (nSPS) is 10.3.